The summed E-state index contributed by atoms with van der Waals surface area (Å²) in [5.74, 6) is 0. The SMILES string of the molecule is [C-]#[N+]C[P+](O)(OCC)OCC. The smallest absolute Gasteiger partial charge is 0.269 e. The molecule has 5 heteroatoms. The lowest BCUT2D eigenvalue weighted by molar-refractivity contribution is 0.192. The van der Waals surface area contributed by atoms with Crippen LogP contribution in [0.25, 0.3) is 4.85 Å². The van der Waals surface area contributed by atoms with Gasteiger partial charge >= 0.3 is 14.2 Å². The molecule has 0 saturated heterocycles. The Morgan fingerprint density at radius 1 is 1.36 bits per heavy atom. The molecule has 0 radical (unpaired) electrons. The van der Waals surface area contributed by atoms with E-state index in [4.69, 9.17) is 15.6 Å². The molecule has 0 aliphatic carbocycles. The lowest BCUT2D eigenvalue weighted by Gasteiger charge is -2.08. The summed E-state index contributed by atoms with van der Waals surface area (Å²) in [7, 11) is -2.82. The van der Waals surface area contributed by atoms with Crippen LogP contribution in [0.3, 0.4) is 0 Å². The molecular weight excluding hydrogens is 165 g/mol. The van der Waals surface area contributed by atoms with Crippen LogP contribution < -0.4 is 0 Å². The van der Waals surface area contributed by atoms with E-state index in [-0.39, 0.29) is 6.29 Å². The highest BCUT2D eigenvalue weighted by molar-refractivity contribution is 7.60. The van der Waals surface area contributed by atoms with Crippen LogP contribution in [0.1, 0.15) is 13.8 Å². The number of nitrogens with zero attached hydrogens (tertiary/aromatic N) is 1. The van der Waals surface area contributed by atoms with Crippen molar-refractivity contribution in [2.45, 2.75) is 13.8 Å². The highest BCUT2D eigenvalue weighted by Crippen LogP contribution is 2.56. The quantitative estimate of drug-likeness (QED) is 0.514. The number of rotatable bonds is 5. The molecule has 1 N–H and O–H groups in total. The van der Waals surface area contributed by atoms with Crippen molar-refractivity contribution in [3.8, 4) is 0 Å². The van der Waals surface area contributed by atoms with Gasteiger partial charge in [-0.05, 0) is 13.8 Å². The summed E-state index contributed by atoms with van der Waals surface area (Å²) in [6, 6.07) is 0. The highest BCUT2D eigenvalue weighted by Gasteiger charge is 2.44. The van der Waals surface area contributed by atoms with Crippen molar-refractivity contribution in [1.82, 2.24) is 0 Å². The maximum Gasteiger partial charge on any atom is 0.493 e. The molecule has 0 amide bonds. The molecule has 64 valence electrons. The van der Waals surface area contributed by atoms with Crippen molar-refractivity contribution in [2.24, 2.45) is 0 Å². The van der Waals surface area contributed by atoms with Crippen molar-refractivity contribution in [3.63, 3.8) is 0 Å². The van der Waals surface area contributed by atoms with E-state index in [1.807, 2.05) is 0 Å². The van der Waals surface area contributed by atoms with Crippen LogP contribution in [0, 0.1) is 6.57 Å². The molecule has 0 aliphatic heterocycles. The Bertz CT molecular complexity index is 139. The maximum atomic E-state index is 9.46. The third-order valence-corrected chi connectivity index (χ3v) is 2.73. The summed E-state index contributed by atoms with van der Waals surface area (Å²) in [6.07, 6.45) is -0.0747. The number of hydrogen-bond acceptors (Lipinski definition) is 3. The molecule has 4 nitrogen and oxygen atoms in total. The molecule has 0 rings (SSSR count). The van der Waals surface area contributed by atoms with Gasteiger partial charge < -0.3 is 0 Å². The van der Waals surface area contributed by atoms with Crippen molar-refractivity contribution < 1.29 is 13.9 Å². The van der Waals surface area contributed by atoms with Gasteiger partial charge in [0.05, 0.1) is 13.2 Å². The maximum absolute atomic E-state index is 9.46. The molecule has 0 unspecified atom stereocenters. The third kappa shape index (κ3) is 4.28. The predicted octanol–water partition coefficient (Wildman–Crippen LogP) is 1.69. The summed E-state index contributed by atoms with van der Waals surface area (Å²) in [5.41, 5.74) is 0. The van der Waals surface area contributed by atoms with E-state index in [0.717, 1.165) is 0 Å². The van der Waals surface area contributed by atoms with Crippen LogP contribution in [0.5, 0.6) is 0 Å². The minimum atomic E-state index is -2.82. The van der Waals surface area contributed by atoms with E-state index >= 15 is 0 Å². The first-order chi connectivity index (χ1) is 5.18. The second-order valence-electron chi connectivity index (χ2n) is 1.77. The first-order valence-corrected chi connectivity index (χ1v) is 5.18. The molecular formula is C6H13NO3P+. The summed E-state index contributed by atoms with van der Waals surface area (Å²) >= 11 is 0. The molecule has 0 atom stereocenters. The number of hydrogen-bond donors (Lipinski definition) is 1. The van der Waals surface area contributed by atoms with E-state index in [1.165, 1.54) is 0 Å². The molecule has 0 aromatic rings. The van der Waals surface area contributed by atoms with Crippen molar-refractivity contribution >= 4 is 7.94 Å². The van der Waals surface area contributed by atoms with Gasteiger partial charge in [0, 0.05) is 0 Å². The second-order valence-corrected chi connectivity index (χ2v) is 3.85. The van der Waals surface area contributed by atoms with Gasteiger partial charge in [-0.2, -0.15) is 13.9 Å². The standard InChI is InChI=1S/C6H13NO3P/c1-4-9-11(8,6-7-3)10-5-2/h8H,4-6H2,1-2H3/q+1. The Kier molecular flexibility index (Phi) is 5.35. The van der Waals surface area contributed by atoms with Gasteiger partial charge in [0.2, 0.25) is 0 Å². The highest BCUT2D eigenvalue weighted by atomic mass is 31.2. The van der Waals surface area contributed by atoms with Gasteiger partial charge in [-0.15, -0.1) is 0 Å². The summed E-state index contributed by atoms with van der Waals surface area (Å²) in [6.45, 7) is 10.8. The van der Waals surface area contributed by atoms with Gasteiger partial charge in [-0.1, -0.05) is 0 Å². The van der Waals surface area contributed by atoms with E-state index < -0.39 is 7.94 Å². The Hall–Kier alpha value is -0.200. The molecule has 0 fully saturated rings. The zero-order chi connectivity index (χ0) is 8.74. The molecule has 0 aromatic carbocycles. The van der Waals surface area contributed by atoms with Gasteiger partial charge in [0.25, 0.3) is 0 Å². The first-order valence-electron chi connectivity index (χ1n) is 3.41. The van der Waals surface area contributed by atoms with Gasteiger partial charge in [-0.3, -0.25) is 4.85 Å². The van der Waals surface area contributed by atoms with Gasteiger partial charge in [0.15, 0.2) is 0 Å². The van der Waals surface area contributed by atoms with Crippen LogP contribution in [-0.2, 0) is 9.05 Å². The summed E-state index contributed by atoms with van der Waals surface area (Å²) in [4.78, 5) is 12.5. The van der Waals surface area contributed by atoms with Crippen molar-refractivity contribution in [2.75, 3.05) is 19.5 Å². The molecule has 0 aromatic heterocycles. The van der Waals surface area contributed by atoms with Crippen LogP contribution in [0.2, 0.25) is 0 Å². The first kappa shape index (κ1) is 10.8. The Balaban J connectivity index is 3.92. The minimum Gasteiger partial charge on any atom is -0.269 e. The van der Waals surface area contributed by atoms with Crippen LogP contribution >= 0.6 is 7.94 Å². The average molecular weight is 178 g/mol. The summed E-state index contributed by atoms with van der Waals surface area (Å²) < 4.78 is 9.88. The van der Waals surface area contributed by atoms with Crippen LogP contribution in [-0.4, -0.2) is 24.4 Å². The Labute approximate surface area is 67.5 Å². The second kappa shape index (κ2) is 5.45. The molecule has 11 heavy (non-hydrogen) atoms. The Morgan fingerprint density at radius 3 is 2.09 bits per heavy atom. The van der Waals surface area contributed by atoms with Gasteiger partial charge in [0.1, 0.15) is 0 Å². The fraction of sp³-hybridized carbons (Fsp3) is 0.833. The molecule has 0 aliphatic rings. The lowest BCUT2D eigenvalue weighted by atomic mass is 10.9. The van der Waals surface area contributed by atoms with E-state index in [1.54, 1.807) is 13.8 Å². The van der Waals surface area contributed by atoms with Crippen LogP contribution in [0.4, 0.5) is 0 Å². The van der Waals surface area contributed by atoms with Crippen molar-refractivity contribution in [1.29, 1.82) is 0 Å². The molecule has 0 bridgehead atoms. The van der Waals surface area contributed by atoms with Gasteiger partial charge in [-0.25, -0.2) is 6.57 Å². The monoisotopic (exact) mass is 178 g/mol. The molecule has 0 heterocycles. The van der Waals surface area contributed by atoms with Crippen LogP contribution in [0.15, 0.2) is 0 Å². The van der Waals surface area contributed by atoms with Crippen molar-refractivity contribution in [3.05, 3.63) is 11.4 Å². The molecule has 0 spiro atoms. The third-order valence-electron chi connectivity index (χ3n) is 0.911. The zero-order valence-corrected chi connectivity index (χ0v) is 7.67. The normalized spacial score (nSPS) is 11.1. The minimum absolute atomic E-state index is 0.0747. The zero-order valence-electron chi connectivity index (χ0n) is 6.78. The molecule has 0 saturated carbocycles. The van der Waals surface area contributed by atoms with E-state index in [9.17, 15) is 4.89 Å². The lowest BCUT2D eigenvalue weighted by Crippen LogP contribution is -2.04. The summed E-state index contributed by atoms with van der Waals surface area (Å²) in [5, 5.41) is 0. The van der Waals surface area contributed by atoms with E-state index in [0.29, 0.717) is 13.2 Å². The van der Waals surface area contributed by atoms with E-state index in [2.05, 4.69) is 4.85 Å². The predicted molar refractivity (Wildman–Crippen MR) is 43.9 cm³/mol. The fourth-order valence-electron chi connectivity index (χ4n) is 0.612. The topological polar surface area (TPSA) is 43.0 Å². The Morgan fingerprint density at radius 2 is 1.82 bits per heavy atom. The average Bonchev–Trinajstić information content (AvgIpc) is 1.88. The fourth-order valence-corrected chi connectivity index (χ4v) is 1.84. The largest absolute Gasteiger partial charge is 0.493 e.